The lowest BCUT2D eigenvalue weighted by atomic mass is 10.1. The molecule has 76 valence electrons. The van der Waals surface area contributed by atoms with Gasteiger partial charge in [0.15, 0.2) is 0 Å². The van der Waals surface area contributed by atoms with Gasteiger partial charge in [0.2, 0.25) is 0 Å². The molecule has 1 aromatic carbocycles. The summed E-state index contributed by atoms with van der Waals surface area (Å²) in [5, 5.41) is 1.36. The van der Waals surface area contributed by atoms with Gasteiger partial charge in [0.25, 0.3) is 0 Å². The quantitative estimate of drug-likeness (QED) is 0.593. The predicted molar refractivity (Wildman–Crippen MR) is 63.7 cm³/mol. The third-order valence-electron chi connectivity index (χ3n) is 2.35. The minimum atomic E-state index is 1.32. The molecule has 2 rings (SSSR count). The van der Waals surface area contributed by atoms with E-state index in [1.54, 1.807) is 0 Å². The van der Waals surface area contributed by atoms with Gasteiger partial charge < -0.3 is 4.57 Å². The fraction of sp³-hybridized carbons (Fsp3) is 0.385. The summed E-state index contributed by atoms with van der Waals surface area (Å²) in [6.07, 6.45) is 2.17. The second kappa shape index (κ2) is 4.32. The van der Waals surface area contributed by atoms with E-state index >= 15 is 0 Å². The zero-order valence-corrected chi connectivity index (χ0v) is 9.76. The van der Waals surface area contributed by atoms with Crippen LogP contribution >= 0.6 is 0 Å². The van der Waals surface area contributed by atoms with Crippen molar-refractivity contribution in [2.75, 3.05) is 0 Å². The zero-order chi connectivity index (χ0) is 10.7. The highest BCUT2D eigenvalue weighted by Gasteiger charge is 2.01. The molecule has 1 heteroatoms. The van der Waals surface area contributed by atoms with Crippen molar-refractivity contribution in [3.05, 3.63) is 35.5 Å². The van der Waals surface area contributed by atoms with Crippen LogP contribution in [0.3, 0.4) is 0 Å². The molecule has 0 aliphatic rings. The summed E-state index contributed by atoms with van der Waals surface area (Å²) in [5.41, 5.74) is 4.00. The molecule has 0 fully saturated rings. The van der Waals surface area contributed by atoms with Gasteiger partial charge in [0.1, 0.15) is 0 Å². The number of hydrogen-bond acceptors (Lipinski definition) is 0. The smallest absolute Gasteiger partial charge is 0.0483 e. The second-order valence-electron chi connectivity index (χ2n) is 3.44. The third-order valence-corrected chi connectivity index (χ3v) is 2.35. The topological polar surface area (TPSA) is 4.93 Å². The Labute approximate surface area is 86.4 Å². The summed E-state index contributed by atoms with van der Waals surface area (Å²) in [6.45, 7) is 8.28. The lowest BCUT2D eigenvalue weighted by Gasteiger charge is -1.96. The number of rotatable bonds is 0. The summed E-state index contributed by atoms with van der Waals surface area (Å²) in [4.78, 5) is 0. The van der Waals surface area contributed by atoms with Crippen LogP contribution in [0, 0.1) is 13.8 Å². The summed E-state index contributed by atoms with van der Waals surface area (Å²) >= 11 is 0. The molecular weight excluding hydrogens is 170 g/mol. The Morgan fingerprint density at radius 2 is 1.71 bits per heavy atom. The van der Waals surface area contributed by atoms with Gasteiger partial charge in [-0.15, -0.1) is 0 Å². The van der Waals surface area contributed by atoms with Gasteiger partial charge in [0, 0.05) is 24.1 Å². The molecule has 0 saturated heterocycles. The Balaban J connectivity index is 0.000000461. The molecule has 0 unspecified atom stereocenters. The zero-order valence-electron chi connectivity index (χ0n) is 9.76. The molecule has 0 bridgehead atoms. The lowest BCUT2D eigenvalue weighted by Crippen LogP contribution is -1.83. The van der Waals surface area contributed by atoms with Crippen LogP contribution in [-0.2, 0) is 7.05 Å². The molecule has 0 amide bonds. The predicted octanol–water partition coefficient (Wildman–Crippen LogP) is 3.82. The fourth-order valence-electron chi connectivity index (χ4n) is 1.70. The first-order valence-electron chi connectivity index (χ1n) is 5.21. The average molecular weight is 189 g/mol. The van der Waals surface area contributed by atoms with Crippen molar-refractivity contribution in [1.82, 2.24) is 4.57 Å². The van der Waals surface area contributed by atoms with Crippen molar-refractivity contribution < 1.29 is 0 Å². The lowest BCUT2D eigenvalue weighted by molar-refractivity contribution is 0.963. The van der Waals surface area contributed by atoms with Gasteiger partial charge >= 0.3 is 0 Å². The first kappa shape index (κ1) is 10.8. The first-order chi connectivity index (χ1) is 6.68. The van der Waals surface area contributed by atoms with Gasteiger partial charge in [-0.1, -0.05) is 26.0 Å². The highest BCUT2D eigenvalue weighted by Crippen LogP contribution is 2.20. The Morgan fingerprint density at radius 1 is 1.07 bits per heavy atom. The van der Waals surface area contributed by atoms with E-state index in [4.69, 9.17) is 0 Å². The van der Waals surface area contributed by atoms with Gasteiger partial charge in [-0.3, -0.25) is 0 Å². The van der Waals surface area contributed by atoms with E-state index in [9.17, 15) is 0 Å². The Hall–Kier alpha value is -1.24. The number of nitrogens with zero attached hydrogens (tertiary/aromatic N) is 1. The van der Waals surface area contributed by atoms with E-state index in [1.165, 1.54) is 22.0 Å². The van der Waals surface area contributed by atoms with Gasteiger partial charge in [-0.2, -0.15) is 0 Å². The van der Waals surface area contributed by atoms with E-state index in [0.717, 1.165) is 0 Å². The molecule has 0 aliphatic carbocycles. The van der Waals surface area contributed by atoms with Crippen LogP contribution in [0.4, 0.5) is 0 Å². The van der Waals surface area contributed by atoms with Crippen molar-refractivity contribution >= 4 is 10.9 Å². The molecule has 2 aromatic rings. The van der Waals surface area contributed by atoms with Crippen LogP contribution in [0.5, 0.6) is 0 Å². The second-order valence-corrected chi connectivity index (χ2v) is 3.44. The van der Waals surface area contributed by atoms with E-state index in [1.807, 2.05) is 13.8 Å². The van der Waals surface area contributed by atoms with E-state index in [2.05, 4.69) is 49.9 Å². The summed E-state index contributed by atoms with van der Waals surface area (Å²) in [5.74, 6) is 0. The monoisotopic (exact) mass is 189 g/mol. The Bertz CT molecular complexity index is 424. The van der Waals surface area contributed by atoms with Crippen molar-refractivity contribution in [2.45, 2.75) is 27.7 Å². The maximum Gasteiger partial charge on any atom is 0.0483 e. The fourth-order valence-corrected chi connectivity index (χ4v) is 1.70. The van der Waals surface area contributed by atoms with Crippen LogP contribution < -0.4 is 0 Å². The molecular formula is C13H19N. The Kier molecular flexibility index (Phi) is 3.34. The van der Waals surface area contributed by atoms with Gasteiger partial charge in [0.05, 0.1) is 0 Å². The average Bonchev–Trinajstić information content (AvgIpc) is 2.46. The molecule has 0 spiro atoms. The minimum absolute atomic E-state index is 1.32. The number of fused-ring (bicyclic) bond motifs is 1. The normalized spacial score (nSPS) is 9.79. The van der Waals surface area contributed by atoms with E-state index < -0.39 is 0 Å². The molecule has 0 N–H and O–H groups in total. The van der Waals surface area contributed by atoms with Crippen LogP contribution in [0.15, 0.2) is 24.4 Å². The molecule has 0 radical (unpaired) electrons. The molecule has 0 aliphatic heterocycles. The molecule has 14 heavy (non-hydrogen) atoms. The number of benzene rings is 1. The maximum atomic E-state index is 2.22. The largest absolute Gasteiger partial charge is 0.350 e. The highest BCUT2D eigenvalue weighted by molar-refractivity contribution is 5.84. The Morgan fingerprint density at radius 3 is 2.36 bits per heavy atom. The standard InChI is InChI=1S/C11H13N.C2H6/c1-8-4-5-10-9(2)7-12(3)11(10)6-8;1-2/h4-7H,1-3H3;1-2H3. The van der Waals surface area contributed by atoms with Crippen LogP contribution in [0.2, 0.25) is 0 Å². The van der Waals surface area contributed by atoms with E-state index in [-0.39, 0.29) is 0 Å². The van der Waals surface area contributed by atoms with Crippen molar-refractivity contribution in [1.29, 1.82) is 0 Å². The van der Waals surface area contributed by atoms with E-state index in [0.29, 0.717) is 0 Å². The maximum absolute atomic E-state index is 2.22. The van der Waals surface area contributed by atoms with Crippen LogP contribution in [0.1, 0.15) is 25.0 Å². The van der Waals surface area contributed by atoms with Crippen LogP contribution in [-0.4, -0.2) is 4.57 Å². The number of aryl methyl sites for hydroxylation is 3. The number of hydrogen-bond donors (Lipinski definition) is 0. The first-order valence-corrected chi connectivity index (χ1v) is 5.21. The van der Waals surface area contributed by atoms with Gasteiger partial charge in [-0.25, -0.2) is 0 Å². The summed E-state index contributed by atoms with van der Waals surface area (Å²) in [6, 6.07) is 6.58. The number of aromatic nitrogens is 1. The van der Waals surface area contributed by atoms with Crippen molar-refractivity contribution in [2.24, 2.45) is 7.05 Å². The van der Waals surface area contributed by atoms with Crippen LogP contribution in [0.25, 0.3) is 10.9 Å². The molecule has 1 heterocycles. The molecule has 1 aromatic heterocycles. The molecule has 1 nitrogen and oxygen atoms in total. The van der Waals surface area contributed by atoms with Gasteiger partial charge in [-0.05, 0) is 31.0 Å². The highest BCUT2D eigenvalue weighted by atomic mass is 14.9. The molecule has 0 saturated carbocycles. The summed E-state index contributed by atoms with van der Waals surface area (Å²) < 4.78 is 2.18. The molecule has 0 atom stereocenters. The van der Waals surface area contributed by atoms with Crippen molar-refractivity contribution in [3.8, 4) is 0 Å². The van der Waals surface area contributed by atoms with Crippen molar-refractivity contribution in [3.63, 3.8) is 0 Å². The minimum Gasteiger partial charge on any atom is -0.350 e. The third kappa shape index (κ3) is 1.82. The summed E-state index contributed by atoms with van der Waals surface area (Å²) in [7, 11) is 2.09. The SMILES string of the molecule is CC.Cc1ccc2c(C)cn(C)c2c1.